The van der Waals surface area contributed by atoms with E-state index in [1.54, 1.807) is 12.1 Å². The lowest BCUT2D eigenvalue weighted by Crippen LogP contribution is -2.31. The van der Waals surface area contributed by atoms with Gasteiger partial charge < -0.3 is 10.1 Å². The summed E-state index contributed by atoms with van der Waals surface area (Å²) in [5.74, 6) is -0.897. The van der Waals surface area contributed by atoms with Crippen molar-refractivity contribution in [2.45, 2.75) is 12.8 Å². The summed E-state index contributed by atoms with van der Waals surface area (Å²) in [4.78, 5) is 23.8. The molecule has 126 valence electrons. The Kier molecular flexibility index (Phi) is 6.64. The lowest BCUT2D eigenvalue weighted by atomic mass is 10.0. The molecule has 0 unspecified atom stereocenters. The molecule has 1 N–H and O–H groups in total. The highest BCUT2D eigenvalue weighted by Crippen LogP contribution is 2.25. The van der Waals surface area contributed by atoms with Gasteiger partial charge in [-0.05, 0) is 23.6 Å². The number of esters is 1. The minimum absolute atomic E-state index is 0.113. The normalized spacial score (nSPS) is 11.6. The Balaban J connectivity index is 1.81. The maximum Gasteiger partial charge on any atom is 0.340 e. The van der Waals surface area contributed by atoms with Crippen molar-refractivity contribution >= 4 is 35.1 Å². The zero-order valence-electron chi connectivity index (χ0n) is 13.1. The molecule has 0 radical (unpaired) electrons. The third kappa shape index (κ3) is 4.98. The molecule has 24 heavy (non-hydrogen) atoms. The van der Waals surface area contributed by atoms with E-state index < -0.39 is 5.97 Å². The van der Waals surface area contributed by atoms with Gasteiger partial charge in [-0.15, -0.1) is 0 Å². The number of hydrogen-bond acceptors (Lipinski definition) is 3. The third-order valence-electron chi connectivity index (χ3n) is 3.48. The van der Waals surface area contributed by atoms with Gasteiger partial charge in [0.25, 0.3) is 5.91 Å². The second-order valence-corrected chi connectivity index (χ2v) is 6.08. The summed E-state index contributed by atoms with van der Waals surface area (Å²) in [6.45, 7) is 2.09. The summed E-state index contributed by atoms with van der Waals surface area (Å²) < 4.78 is 4.97. The van der Waals surface area contributed by atoms with Crippen LogP contribution in [0, 0.1) is 0 Å². The Morgan fingerprint density at radius 2 is 1.79 bits per heavy atom. The van der Waals surface area contributed by atoms with Crippen LogP contribution >= 0.6 is 23.2 Å². The van der Waals surface area contributed by atoms with Crippen molar-refractivity contribution in [1.82, 2.24) is 5.32 Å². The highest BCUT2D eigenvalue weighted by Gasteiger charge is 2.15. The molecule has 0 aromatic heterocycles. The molecule has 0 aliphatic rings. The Hall–Kier alpha value is -2.04. The summed E-state index contributed by atoms with van der Waals surface area (Å²) in [5.41, 5.74) is 1.26. The van der Waals surface area contributed by atoms with Crippen molar-refractivity contribution in [3.05, 3.63) is 69.7 Å². The zero-order valence-corrected chi connectivity index (χ0v) is 14.6. The number of amides is 1. The first-order chi connectivity index (χ1) is 11.5. The molecular weight excluding hydrogens is 349 g/mol. The molecule has 0 aliphatic heterocycles. The topological polar surface area (TPSA) is 55.4 Å². The van der Waals surface area contributed by atoms with E-state index in [1.807, 2.05) is 37.3 Å². The number of halogens is 2. The Morgan fingerprint density at radius 1 is 1.08 bits per heavy atom. The molecule has 0 saturated carbocycles. The molecule has 0 fully saturated rings. The van der Waals surface area contributed by atoms with Crippen LogP contribution in [0.1, 0.15) is 28.8 Å². The van der Waals surface area contributed by atoms with Crippen molar-refractivity contribution < 1.29 is 14.3 Å². The first kappa shape index (κ1) is 18.3. The number of nitrogens with one attached hydrogen (secondary N) is 1. The quantitative estimate of drug-likeness (QED) is 0.784. The largest absolute Gasteiger partial charge is 0.452 e. The third-order valence-corrected chi connectivity index (χ3v) is 4.30. The molecule has 0 spiro atoms. The molecular formula is C18H17Cl2NO3. The second kappa shape index (κ2) is 8.71. The molecule has 1 amide bonds. The van der Waals surface area contributed by atoms with Crippen LogP contribution in [0.3, 0.4) is 0 Å². The average molecular weight is 366 g/mol. The van der Waals surface area contributed by atoms with Crippen LogP contribution in [-0.4, -0.2) is 25.0 Å². The van der Waals surface area contributed by atoms with Gasteiger partial charge in [-0.2, -0.15) is 0 Å². The average Bonchev–Trinajstić information content (AvgIpc) is 2.60. The molecule has 6 heteroatoms. The van der Waals surface area contributed by atoms with E-state index in [9.17, 15) is 9.59 Å². The van der Waals surface area contributed by atoms with Gasteiger partial charge in [0, 0.05) is 6.54 Å². The van der Waals surface area contributed by atoms with Crippen molar-refractivity contribution in [3.8, 4) is 0 Å². The van der Waals surface area contributed by atoms with E-state index >= 15 is 0 Å². The summed E-state index contributed by atoms with van der Waals surface area (Å²) >= 11 is 11.8. The van der Waals surface area contributed by atoms with Crippen molar-refractivity contribution in [2.75, 3.05) is 13.2 Å². The fraction of sp³-hybridized carbons (Fsp3) is 0.222. The molecule has 2 aromatic carbocycles. The van der Waals surface area contributed by atoms with Gasteiger partial charge in [0.05, 0.1) is 15.6 Å². The van der Waals surface area contributed by atoms with Crippen LogP contribution in [0.5, 0.6) is 0 Å². The van der Waals surface area contributed by atoms with Gasteiger partial charge in [-0.1, -0.05) is 66.5 Å². The maximum absolute atomic E-state index is 11.9. The predicted molar refractivity (Wildman–Crippen MR) is 94.6 cm³/mol. The summed E-state index contributed by atoms with van der Waals surface area (Å²) in [7, 11) is 0. The van der Waals surface area contributed by atoms with Crippen LogP contribution in [0.4, 0.5) is 0 Å². The van der Waals surface area contributed by atoms with Gasteiger partial charge in [-0.3, -0.25) is 4.79 Å². The standard InChI is InChI=1S/C18H17Cl2NO3/c1-12(13-6-3-2-4-7-13)10-21-16(22)11-24-18(23)14-8-5-9-15(19)17(14)20/h2-9,12H,10-11H2,1H3,(H,21,22)/t12-/m1/s1. The fourth-order valence-corrected chi connectivity index (χ4v) is 2.47. The Morgan fingerprint density at radius 3 is 2.50 bits per heavy atom. The lowest BCUT2D eigenvalue weighted by Gasteiger charge is -2.13. The van der Waals surface area contributed by atoms with E-state index in [1.165, 1.54) is 6.07 Å². The number of benzene rings is 2. The fourth-order valence-electron chi connectivity index (χ4n) is 2.09. The Bertz CT molecular complexity index is 719. The number of ether oxygens (including phenoxy) is 1. The molecule has 2 rings (SSSR count). The van der Waals surface area contributed by atoms with Gasteiger partial charge >= 0.3 is 5.97 Å². The minimum atomic E-state index is -0.686. The van der Waals surface area contributed by atoms with E-state index in [4.69, 9.17) is 27.9 Å². The van der Waals surface area contributed by atoms with E-state index in [2.05, 4.69) is 5.32 Å². The summed E-state index contributed by atoms with van der Waals surface area (Å²) in [6, 6.07) is 14.5. The van der Waals surface area contributed by atoms with Crippen molar-refractivity contribution in [1.29, 1.82) is 0 Å². The van der Waals surface area contributed by atoms with E-state index in [0.717, 1.165) is 5.56 Å². The van der Waals surface area contributed by atoms with Crippen LogP contribution in [0.2, 0.25) is 10.0 Å². The van der Waals surface area contributed by atoms with Gasteiger partial charge in [0.1, 0.15) is 0 Å². The van der Waals surface area contributed by atoms with Crippen LogP contribution in [-0.2, 0) is 9.53 Å². The van der Waals surface area contributed by atoms with Crippen LogP contribution in [0.25, 0.3) is 0 Å². The highest BCUT2D eigenvalue weighted by atomic mass is 35.5. The minimum Gasteiger partial charge on any atom is -0.452 e. The molecule has 0 heterocycles. The first-order valence-electron chi connectivity index (χ1n) is 7.42. The molecule has 4 nitrogen and oxygen atoms in total. The van der Waals surface area contributed by atoms with Gasteiger partial charge in [0.2, 0.25) is 0 Å². The van der Waals surface area contributed by atoms with Crippen LogP contribution in [0.15, 0.2) is 48.5 Å². The molecule has 0 aliphatic carbocycles. The van der Waals surface area contributed by atoms with Crippen LogP contribution < -0.4 is 5.32 Å². The van der Waals surface area contributed by atoms with Crippen molar-refractivity contribution in [3.63, 3.8) is 0 Å². The zero-order chi connectivity index (χ0) is 17.5. The van der Waals surface area contributed by atoms with Gasteiger partial charge in [-0.25, -0.2) is 4.79 Å². The van der Waals surface area contributed by atoms with Crippen molar-refractivity contribution in [2.24, 2.45) is 0 Å². The van der Waals surface area contributed by atoms with E-state index in [0.29, 0.717) is 6.54 Å². The molecule has 0 bridgehead atoms. The number of carbonyl (C=O) groups excluding carboxylic acids is 2. The number of carbonyl (C=O) groups is 2. The van der Waals surface area contributed by atoms with Gasteiger partial charge in [0.15, 0.2) is 6.61 Å². The molecule has 1 atom stereocenters. The number of hydrogen-bond donors (Lipinski definition) is 1. The Labute approximate surface area is 150 Å². The lowest BCUT2D eigenvalue weighted by molar-refractivity contribution is -0.124. The predicted octanol–water partition coefficient (Wildman–Crippen LogP) is 4.07. The summed E-state index contributed by atoms with van der Waals surface area (Å²) in [5, 5.41) is 3.11. The summed E-state index contributed by atoms with van der Waals surface area (Å²) in [6.07, 6.45) is 0. The number of rotatable bonds is 6. The van der Waals surface area contributed by atoms with E-state index in [-0.39, 0.29) is 34.0 Å². The smallest absolute Gasteiger partial charge is 0.340 e. The molecule has 0 saturated heterocycles. The monoisotopic (exact) mass is 365 g/mol. The molecule has 2 aromatic rings. The first-order valence-corrected chi connectivity index (χ1v) is 8.17. The second-order valence-electron chi connectivity index (χ2n) is 5.29. The maximum atomic E-state index is 11.9. The SMILES string of the molecule is C[C@H](CNC(=O)COC(=O)c1cccc(Cl)c1Cl)c1ccccc1. The highest BCUT2D eigenvalue weighted by molar-refractivity contribution is 6.43.